The standard InChI is InChI=1S/C19H20N6O3/c1-21-18(23-8-4-5-9-23)15(14-20-21)19(26)24-12-10-22(11-13-24)16-6-2-3-7-17(16)25(27)28/h2-9,14H,10-13H2,1H3. The molecule has 4 rings (SSSR count). The minimum absolute atomic E-state index is 0.0842. The van der Waals surface area contributed by atoms with Crippen molar-refractivity contribution in [2.75, 3.05) is 31.1 Å². The van der Waals surface area contributed by atoms with Gasteiger partial charge in [-0.05, 0) is 18.2 Å². The number of hydrogen-bond donors (Lipinski definition) is 0. The zero-order valence-corrected chi connectivity index (χ0v) is 15.4. The van der Waals surface area contributed by atoms with Crippen molar-refractivity contribution in [3.05, 3.63) is 70.7 Å². The van der Waals surface area contributed by atoms with E-state index in [9.17, 15) is 14.9 Å². The van der Waals surface area contributed by atoms with Crippen molar-refractivity contribution in [2.24, 2.45) is 7.05 Å². The van der Waals surface area contributed by atoms with E-state index in [1.54, 1.807) is 41.0 Å². The maximum Gasteiger partial charge on any atom is 0.292 e. The second kappa shape index (κ2) is 7.18. The number of hydrogen-bond acceptors (Lipinski definition) is 5. The van der Waals surface area contributed by atoms with Gasteiger partial charge in [0.05, 0.1) is 11.1 Å². The van der Waals surface area contributed by atoms with Crippen LogP contribution in [0, 0.1) is 10.1 Å². The number of benzene rings is 1. The average molecular weight is 380 g/mol. The first-order valence-corrected chi connectivity index (χ1v) is 8.99. The van der Waals surface area contributed by atoms with Gasteiger partial charge < -0.3 is 14.4 Å². The summed E-state index contributed by atoms with van der Waals surface area (Å²) in [5, 5.41) is 15.5. The van der Waals surface area contributed by atoms with Gasteiger partial charge in [0.15, 0.2) is 0 Å². The van der Waals surface area contributed by atoms with Crippen LogP contribution in [0.15, 0.2) is 55.0 Å². The molecule has 1 aromatic carbocycles. The molecule has 1 saturated heterocycles. The van der Waals surface area contributed by atoms with E-state index in [0.717, 1.165) is 5.82 Å². The highest BCUT2D eigenvalue weighted by molar-refractivity contribution is 5.97. The Bertz CT molecular complexity index is 1000. The van der Waals surface area contributed by atoms with Crippen molar-refractivity contribution in [3.8, 4) is 5.82 Å². The van der Waals surface area contributed by atoms with Crippen molar-refractivity contribution in [3.63, 3.8) is 0 Å². The fourth-order valence-corrected chi connectivity index (χ4v) is 3.57. The van der Waals surface area contributed by atoms with Gasteiger partial charge in [-0.25, -0.2) is 0 Å². The van der Waals surface area contributed by atoms with Gasteiger partial charge in [0.2, 0.25) is 0 Å². The monoisotopic (exact) mass is 380 g/mol. The number of anilines is 1. The number of amides is 1. The van der Waals surface area contributed by atoms with Crippen LogP contribution in [0.2, 0.25) is 0 Å². The number of nitro benzene ring substituents is 1. The molecule has 2 aromatic heterocycles. The molecule has 3 heterocycles. The predicted molar refractivity (Wildman–Crippen MR) is 104 cm³/mol. The lowest BCUT2D eigenvalue weighted by Crippen LogP contribution is -2.49. The predicted octanol–water partition coefficient (Wildman–Crippen LogP) is 2.08. The highest BCUT2D eigenvalue weighted by Crippen LogP contribution is 2.28. The first-order valence-electron chi connectivity index (χ1n) is 8.99. The molecule has 9 heteroatoms. The molecule has 0 atom stereocenters. The van der Waals surface area contributed by atoms with E-state index in [1.807, 2.05) is 34.0 Å². The Labute approximate surface area is 161 Å². The van der Waals surface area contributed by atoms with E-state index >= 15 is 0 Å². The molecule has 0 radical (unpaired) electrons. The molecular formula is C19H20N6O3. The normalized spacial score (nSPS) is 14.3. The van der Waals surface area contributed by atoms with Gasteiger partial charge in [0, 0.05) is 51.7 Å². The van der Waals surface area contributed by atoms with Crippen LogP contribution in [0.4, 0.5) is 11.4 Å². The third kappa shape index (κ3) is 3.11. The quantitative estimate of drug-likeness (QED) is 0.511. The van der Waals surface area contributed by atoms with Gasteiger partial charge >= 0.3 is 0 Å². The highest BCUT2D eigenvalue weighted by atomic mass is 16.6. The lowest BCUT2D eigenvalue weighted by atomic mass is 10.2. The first-order chi connectivity index (χ1) is 13.6. The molecule has 0 unspecified atom stereocenters. The van der Waals surface area contributed by atoms with Crippen molar-refractivity contribution >= 4 is 17.3 Å². The van der Waals surface area contributed by atoms with Gasteiger partial charge in [0.1, 0.15) is 17.1 Å². The van der Waals surface area contributed by atoms with Crippen LogP contribution in [-0.2, 0) is 7.05 Å². The van der Waals surface area contributed by atoms with E-state index < -0.39 is 0 Å². The summed E-state index contributed by atoms with van der Waals surface area (Å²) < 4.78 is 3.54. The SMILES string of the molecule is Cn1ncc(C(=O)N2CCN(c3ccccc3[N+](=O)[O-])CC2)c1-n1cccc1. The first kappa shape index (κ1) is 17.8. The summed E-state index contributed by atoms with van der Waals surface area (Å²) in [4.78, 5) is 27.7. The summed E-state index contributed by atoms with van der Waals surface area (Å²) >= 11 is 0. The van der Waals surface area contributed by atoms with Crippen LogP contribution >= 0.6 is 0 Å². The maximum absolute atomic E-state index is 13.1. The number of rotatable bonds is 4. The smallest absolute Gasteiger partial charge is 0.292 e. The number of carbonyl (C=O) groups is 1. The molecule has 3 aromatic rings. The van der Waals surface area contributed by atoms with Gasteiger partial charge in [-0.2, -0.15) is 5.10 Å². The van der Waals surface area contributed by atoms with Gasteiger partial charge in [-0.15, -0.1) is 0 Å². The molecule has 0 bridgehead atoms. The van der Waals surface area contributed by atoms with Gasteiger partial charge in [-0.1, -0.05) is 12.1 Å². The minimum atomic E-state index is -0.369. The molecule has 1 amide bonds. The average Bonchev–Trinajstić information content (AvgIpc) is 3.37. The molecule has 1 aliphatic rings. The molecule has 0 saturated carbocycles. The number of nitrogens with zero attached hydrogens (tertiary/aromatic N) is 6. The van der Waals surface area contributed by atoms with E-state index in [1.165, 1.54) is 6.07 Å². The molecule has 0 aliphatic carbocycles. The van der Waals surface area contributed by atoms with Gasteiger partial charge in [0.25, 0.3) is 11.6 Å². The van der Waals surface area contributed by atoms with E-state index in [-0.39, 0.29) is 16.5 Å². The summed E-state index contributed by atoms with van der Waals surface area (Å²) in [6.45, 7) is 2.06. The Kier molecular flexibility index (Phi) is 4.56. The fraction of sp³-hybridized carbons (Fsp3) is 0.263. The molecule has 0 spiro atoms. The summed E-state index contributed by atoms with van der Waals surface area (Å²) in [6, 6.07) is 10.5. The Morgan fingerprint density at radius 1 is 1.07 bits per heavy atom. The lowest BCUT2D eigenvalue weighted by Gasteiger charge is -2.35. The van der Waals surface area contributed by atoms with E-state index in [4.69, 9.17) is 0 Å². The van der Waals surface area contributed by atoms with Crippen LogP contribution in [0.25, 0.3) is 5.82 Å². The fourth-order valence-electron chi connectivity index (χ4n) is 3.57. The summed E-state index contributed by atoms with van der Waals surface area (Å²) in [5.74, 6) is 0.634. The Morgan fingerprint density at radius 3 is 2.43 bits per heavy atom. The zero-order valence-electron chi connectivity index (χ0n) is 15.4. The molecule has 1 aliphatic heterocycles. The Balaban J connectivity index is 1.51. The van der Waals surface area contributed by atoms with Crippen molar-refractivity contribution in [2.45, 2.75) is 0 Å². The third-order valence-corrected chi connectivity index (χ3v) is 4.97. The maximum atomic E-state index is 13.1. The largest absolute Gasteiger partial charge is 0.362 e. The topological polar surface area (TPSA) is 89.4 Å². The lowest BCUT2D eigenvalue weighted by molar-refractivity contribution is -0.384. The summed E-state index contributed by atoms with van der Waals surface area (Å²) in [5.41, 5.74) is 1.22. The van der Waals surface area contributed by atoms with E-state index in [2.05, 4.69) is 5.10 Å². The van der Waals surface area contributed by atoms with E-state index in [0.29, 0.717) is 37.4 Å². The number of aromatic nitrogens is 3. The van der Waals surface area contributed by atoms with Gasteiger partial charge in [-0.3, -0.25) is 19.6 Å². The number of carbonyl (C=O) groups excluding carboxylic acids is 1. The summed E-state index contributed by atoms with van der Waals surface area (Å²) in [7, 11) is 1.80. The van der Waals surface area contributed by atoms with Crippen molar-refractivity contribution in [1.29, 1.82) is 0 Å². The highest BCUT2D eigenvalue weighted by Gasteiger charge is 2.28. The van der Waals surface area contributed by atoms with Crippen LogP contribution in [0.5, 0.6) is 0 Å². The van der Waals surface area contributed by atoms with Crippen LogP contribution in [0.3, 0.4) is 0 Å². The molecular weight excluding hydrogens is 360 g/mol. The second-order valence-corrected chi connectivity index (χ2v) is 6.62. The number of para-hydroxylation sites is 2. The number of aryl methyl sites for hydroxylation is 1. The zero-order chi connectivity index (χ0) is 19.7. The third-order valence-electron chi connectivity index (χ3n) is 4.97. The van der Waals surface area contributed by atoms with Crippen molar-refractivity contribution < 1.29 is 9.72 Å². The Morgan fingerprint density at radius 2 is 1.75 bits per heavy atom. The molecule has 0 N–H and O–H groups in total. The number of nitro groups is 1. The second-order valence-electron chi connectivity index (χ2n) is 6.62. The van der Waals surface area contributed by atoms with Crippen LogP contribution < -0.4 is 4.90 Å². The Hall–Kier alpha value is -3.62. The molecule has 9 nitrogen and oxygen atoms in total. The molecule has 28 heavy (non-hydrogen) atoms. The number of piperazine rings is 1. The summed E-state index contributed by atoms with van der Waals surface area (Å²) in [6.07, 6.45) is 5.34. The van der Waals surface area contributed by atoms with Crippen LogP contribution in [-0.4, -0.2) is 56.3 Å². The minimum Gasteiger partial charge on any atom is -0.362 e. The molecule has 1 fully saturated rings. The van der Waals surface area contributed by atoms with Crippen molar-refractivity contribution in [1.82, 2.24) is 19.2 Å². The van der Waals surface area contributed by atoms with Crippen LogP contribution in [0.1, 0.15) is 10.4 Å². The molecule has 144 valence electrons.